The predicted molar refractivity (Wildman–Crippen MR) is 120 cm³/mol. The number of hydrogen-bond acceptors (Lipinski definition) is 6. The fourth-order valence-corrected chi connectivity index (χ4v) is 4.11. The van der Waals surface area contributed by atoms with Crippen LogP contribution in [0.4, 0.5) is 13.2 Å². The summed E-state index contributed by atoms with van der Waals surface area (Å²) < 4.78 is 37.6. The first-order valence-electron chi connectivity index (χ1n) is 11.5. The lowest BCUT2D eigenvalue weighted by molar-refractivity contribution is -0.192. The fourth-order valence-electron chi connectivity index (χ4n) is 4.11. The maximum Gasteiger partial charge on any atom is 0.490 e. The summed E-state index contributed by atoms with van der Waals surface area (Å²) in [5.74, 6) is -3.40. The van der Waals surface area contributed by atoms with Crippen LogP contribution in [0.1, 0.15) is 68.9 Å². The van der Waals surface area contributed by atoms with E-state index in [0.717, 1.165) is 62.5 Å². The SMILES string of the molecule is O=C(/C=C/c1ccc(CNC2(C(=O)OC3CCCC3)CCCCC2)cc1)NO.O=C(O)C(F)(F)F. The van der Waals surface area contributed by atoms with Crippen molar-refractivity contribution in [3.8, 4) is 0 Å². The van der Waals surface area contributed by atoms with E-state index in [1.165, 1.54) is 12.5 Å². The highest BCUT2D eigenvalue weighted by Crippen LogP contribution is 2.32. The topological polar surface area (TPSA) is 125 Å². The van der Waals surface area contributed by atoms with E-state index in [2.05, 4.69) is 5.32 Å². The molecule has 0 unspecified atom stereocenters. The highest BCUT2D eigenvalue weighted by atomic mass is 19.4. The Balaban J connectivity index is 0.000000540. The van der Waals surface area contributed by atoms with Crippen molar-refractivity contribution in [2.75, 3.05) is 0 Å². The van der Waals surface area contributed by atoms with Gasteiger partial charge < -0.3 is 9.84 Å². The minimum atomic E-state index is -5.08. The van der Waals surface area contributed by atoms with Crippen LogP contribution in [0.15, 0.2) is 30.3 Å². The maximum absolute atomic E-state index is 13.0. The van der Waals surface area contributed by atoms with E-state index in [1.54, 1.807) is 11.6 Å². The average Bonchev–Trinajstić information content (AvgIpc) is 3.35. The monoisotopic (exact) mass is 500 g/mol. The average molecular weight is 501 g/mol. The molecular weight excluding hydrogens is 469 g/mol. The normalized spacial score (nSPS) is 17.9. The van der Waals surface area contributed by atoms with Crippen LogP contribution in [0, 0.1) is 0 Å². The molecule has 0 atom stereocenters. The second-order valence-corrected chi connectivity index (χ2v) is 8.66. The van der Waals surface area contributed by atoms with Crippen LogP contribution >= 0.6 is 0 Å². The van der Waals surface area contributed by atoms with E-state index in [1.807, 2.05) is 24.3 Å². The highest BCUT2D eigenvalue weighted by Gasteiger charge is 2.42. The van der Waals surface area contributed by atoms with Gasteiger partial charge in [0.15, 0.2) is 0 Å². The molecule has 0 aliphatic heterocycles. The number of carboxylic acids is 1. The Hall–Kier alpha value is -2.92. The highest BCUT2D eigenvalue weighted by molar-refractivity contribution is 5.90. The van der Waals surface area contributed by atoms with Crippen LogP contribution in [0.5, 0.6) is 0 Å². The standard InChI is InChI=1S/C22H30N2O4.C2HF3O2/c25-20(24-27)13-12-17-8-10-18(11-9-17)16-23-22(14-4-1-5-15-22)21(26)28-19-6-2-3-7-19;3-2(4,5)1(6)7/h8-13,19,23,27H,1-7,14-16H2,(H,24,25);(H,6,7)/b13-12+;. The first kappa shape index (κ1) is 28.3. The van der Waals surface area contributed by atoms with Gasteiger partial charge in [-0.05, 0) is 55.7 Å². The molecule has 0 spiro atoms. The van der Waals surface area contributed by atoms with Gasteiger partial charge in [0.25, 0.3) is 5.91 Å². The Morgan fingerprint density at radius 2 is 1.60 bits per heavy atom. The van der Waals surface area contributed by atoms with Gasteiger partial charge in [-0.2, -0.15) is 13.2 Å². The number of hydroxylamine groups is 1. The number of carbonyl (C=O) groups is 3. The minimum absolute atomic E-state index is 0.0753. The van der Waals surface area contributed by atoms with Crippen molar-refractivity contribution < 1.29 is 42.6 Å². The van der Waals surface area contributed by atoms with E-state index in [0.29, 0.717) is 6.54 Å². The van der Waals surface area contributed by atoms with Crippen LogP contribution in [0.25, 0.3) is 6.08 Å². The lowest BCUT2D eigenvalue weighted by Gasteiger charge is -2.36. The number of rotatable bonds is 7. The van der Waals surface area contributed by atoms with Gasteiger partial charge in [0.1, 0.15) is 11.6 Å². The molecule has 194 valence electrons. The summed E-state index contributed by atoms with van der Waals surface area (Å²) in [4.78, 5) is 32.9. The molecule has 2 aliphatic carbocycles. The Bertz CT molecular complexity index is 874. The van der Waals surface area contributed by atoms with Crippen molar-refractivity contribution in [3.63, 3.8) is 0 Å². The van der Waals surface area contributed by atoms with E-state index in [4.69, 9.17) is 19.8 Å². The quantitative estimate of drug-likeness (QED) is 0.192. The third-order valence-corrected chi connectivity index (χ3v) is 6.06. The second kappa shape index (κ2) is 13.2. The zero-order valence-corrected chi connectivity index (χ0v) is 19.3. The number of ether oxygens (including phenoxy) is 1. The molecule has 1 aromatic carbocycles. The van der Waals surface area contributed by atoms with Gasteiger partial charge >= 0.3 is 18.1 Å². The van der Waals surface area contributed by atoms with Crippen molar-refractivity contribution in [2.45, 2.75) is 82.2 Å². The molecule has 0 heterocycles. The summed E-state index contributed by atoms with van der Waals surface area (Å²) in [6.07, 6.45) is 7.11. The molecule has 0 radical (unpaired) electrons. The van der Waals surface area contributed by atoms with Crippen molar-refractivity contribution in [1.82, 2.24) is 10.8 Å². The number of aliphatic carboxylic acids is 1. The van der Waals surface area contributed by atoms with Crippen LogP contribution in [0.3, 0.4) is 0 Å². The fraction of sp³-hybridized carbons (Fsp3) is 0.542. The maximum atomic E-state index is 13.0. The number of benzene rings is 1. The van der Waals surface area contributed by atoms with Crippen LogP contribution in [-0.4, -0.2) is 46.0 Å². The molecule has 0 aromatic heterocycles. The smallest absolute Gasteiger partial charge is 0.475 e. The first-order chi connectivity index (χ1) is 16.6. The molecule has 2 fully saturated rings. The lowest BCUT2D eigenvalue weighted by Crippen LogP contribution is -2.54. The van der Waals surface area contributed by atoms with Crippen LogP contribution in [0.2, 0.25) is 0 Å². The summed E-state index contributed by atoms with van der Waals surface area (Å²) in [5.41, 5.74) is 2.93. The molecular formula is C24H31F3N2O6. The summed E-state index contributed by atoms with van der Waals surface area (Å²) >= 11 is 0. The summed E-state index contributed by atoms with van der Waals surface area (Å²) in [7, 11) is 0. The molecule has 8 nitrogen and oxygen atoms in total. The van der Waals surface area contributed by atoms with Crippen molar-refractivity contribution in [2.24, 2.45) is 0 Å². The number of amides is 1. The summed E-state index contributed by atoms with van der Waals surface area (Å²) in [6, 6.07) is 7.76. The largest absolute Gasteiger partial charge is 0.490 e. The first-order valence-corrected chi connectivity index (χ1v) is 11.5. The molecule has 0 bridgehead atoms. The number of carbonyl (C=O) groups excluding carboxylic acids is 2. The number of carboxylic acid groups (broad SMARTS) is 1. The Labute approximate surface area is 201 Å². The molecule has 35 heavy (non-hydrogen) atoms. The van der Waals surface area contributed by atoms with E-state index in [-0.39, 0.29) is 12.1 Å². The summed E-state index contributed by atoms with van der Waals surface area (Å²) in [5, 5.41) is 19.2. The van der Waals surface area contributed by atoms with Crippen LogP contribution < -0.4 is 10.8 Å². The molecule has 4 N–H and O–H groups in total. The molecule has 3 rings (SSSR count). The lowest BCUT2D eigenvalue weighted by atomic mass is 9.81. The molecule has 2 aliphatic rings. The molecule has 0 saturated heterocycles. The molecule has 1 amide bonds. The number of halogens is 3. The Morgan fingerprint density at radius 3 is 2.11 bits per heavy atom. The second-order valence-electron chi connectivity index (χ2n) is 8.66. The van der Waals surface area contributed by atoms with E-state index >= 15 is 0 Å². The van der Waals surface area contributed by atoms with Gasteiger partial charge in [0, 0.05) is 12.6 Å². The number of nitrogens with one attached hydrogen (secondary N) is 2. The Morgan fingerprint density at radius 1 is 1.03 bits per heavy atom. The third kappa shape index (κ3) is 9.33. The number of alkyl halides is 3. The summed E-state index contributed by atoms with van der Waals surface area (Å²) in [6.45, 7) is 0.598. The van der Waals surface area contributed by atoms with E-state index in [9.17, 15) is 22.8 Å². The minimum Gasteiger partial charge on any atom is -0.475 e. The zero-order chi connectivity index (χ0) is 25.9. The van der Waals surface area contributed by atoms with Crippen molar-refractivity contribution in [3.05, 3.63) is 41.5 Å². The van der Waals surface area contributed by atoms with Crippen molar-refractivity contribution in [1.29, 1.82) is 0 Å². The van der Waals surface area contributed by atoms with E-state index < -0.39 is 23.6 Å². The van der Waals surface area contributed by atoms with Gasteiger partial charge in [-0.1, -0.05) is 43.5 Å². The van der Waals surface area contributed by atoms with Gasteiger partial charge in [-0.15, -0.1) is 0 Å². The van der Waals surface area contributed by atoms with Crippen LogP contribution in [-0.2, 0) is 25.7 Å². The van der Waals surface area contributed by atoms with Gasteiger partial charge in [-0.25, -0.2) is 10.3 Å². The third-order valence-electron chi connectivity index (χ3n) is 6.06. The molecule has 11 heteroatoms. The van der Waals surface area contributed by atoms with Gasteiger partial charge in [0.2, 0.25) is 0 Å². The van der Waals surface area contributed by atoms with Crippen molar-refractivity contribution >= 4 is 23.9 Å². The molecule has 2 saturated carbocycles. The molecule has 1 aromatic rings. The number of esters is 1. The Kier molecular flexibility index (Phi) is 10.7. The zero-order valence-electron chi connectivity index (χ0n) is 19.3. The predicted octanol–water partition coefficient (Wildman–Crippen LogP) is 4.12. The number of hydrogen-bond donors (Lipinski definition) is 4. The van der Waals surface area contributed by atoms with Gasteiger partial charge in [-0.3, -0.25) is 20.1 Å². The van der Waals surface area contributed by atoms with Gasteiger partial charge in [0.05, 0.1) is 0 Å².